The normalized spacial score (nSPS) is 19.6. The Morgan fingerprint density at radius 2 is 2.12 bits per heavy atom. The van der Waals surface area contributed by atoms with Crippen LogP contribution in [0.3, 0.4) is 0 Å². The molecule has 0 bridgehead atoms. The van der Waals surface area contributed by atoms with Crippen molar-refractivity contribution in [3.8, 4) is 0 Å². The lowest BCUT2D eigenvalue weighted by Crippen LogP contribution is -2.41. The van der Waals surface area contributed by atoms with E-state index in [0.717, 1.165) is 31.9 Å². The summed E-state index contributed by atoms with van der Waals surface area (Å²) in [7, 11) is 0. The van der Waals surface area contributed by atoms with Gasteiger partial charge in [0, 0.05) is 25.7 Å². The monoisotopic (exact) mass is 224 g/mol. The van der Waals surface area contributed by atoms with E-state index in [1.807, 2.05) is 6.07 Å². The maximum absolute atomic E-state index is 13.1. The van der Waals surface area contributed by atoms with Gasteiger partial charge in [0.05, 0.1) is 13.2 Å². The molecule has 1 aromatic rings. The van der Waals surface area contributed by atoms with Crippen molar-refractivity contribution in [2.75, 3.05) is 32.8 Å². The van der Waals surface area contributed by atoms with Crippen molar-refractivity contribution in [1.82, 2.24) is 4.90 Å². The van der Waals surface area contributed by atoms with Gasteiger partial charge in [-0.1, -0.05) is 12.1 Å². The topological polar surface area (TPSA) is 38.5 Å². The molecule has 1 saturated heterocycles. The van der Waals surface area contributed by atoms with E-state index < -0.39 is 0 Å². The minimum absolute atomic E-state index is 0.0969. The average molecular weight is 224 g/mol. The zero-order valence-corrected chi connectivity index (χ0v) is 9.23. The maximum atomic E-state index is 13.1. The molecule has 2 rings (SSSR count). The number of nitrogens with two attached hydrogens (primary N) is 1. The Morgan fingerprint density at radius 3 is 2.75 bits per heavy atom. The van der Waals surface area contributed by atoms with Gasteiger partial charge >= 0.3 is 0 Å². The highest BCUT2D eigenvalue weighted by molar-refractivity contribution is 5.20. The lowest BCUT2D eigenvalue weighted by atomic mass is 10.0. The number of hydrogen-bond donors (Lipinski definition) is 1. The van der Waals surface area contributed by atoms with Crippen molar-refractivity contribution in [3.05, 3.63) is 35.6 Å². The summed E-state index contributed by atoms with van der Waals surface area (Å²) in [6, 6.07) is 6.77. The first-order chi connectivity index (χ1) is 7.81. The summed E-state index contributed by atoms with van der Waals surface area (Å²) in [5.41, 5.74) is 6.73. The van der Waals surface area contributed by atoms with Crippen molar-refractivity contribution in [2.24, 2.45) is 5.73 Å². The minimum atomic E-state index is -0.204. The fraction of sp³-hybridized carbons (Fsp3) is 0.500. The van der Waals surface area contributed by atoms with E-state index >= 15 is 0 Å². The predicted octanol–water partition coefficient (Wildman–Crippen LogP) is 1.16. The fourth-order valence-electron chi connectivity index (χ4n) is 2.10. The van der Waals surface area contributed by atoms with Crippen LogP contribution in [0.4, 0.5) is 4.39 Å². The van der Waals surface area contributed by atoms with Crippen LogP contribution < -0.4 is 5.73 Å². The van der Waals surface area contributed by atoms with Crippen molar-refractivity contribution in [1.29, 1.82) is 0 Å². The van der Waals surface area contributed by atoms with Gasteiger partial charge in [-0.25, -0.2) is 4.39 Å². The van der Waals surface area contributed by atoms with Crippen LogP contribution in [0.15, 0.2) is 24.3 Å². The van der Waals surface area contributed by atoms with Crippen LogP contribution in [0, 0.1) is 5.82 Å². The predicted molar refractivity (Wildman–Crippen MR) is 60.6 cm³/mol. The Morgan fingerprint density at radius 1 is 1.38 bits per heavy atom. The zero-order chi connectivity index (χ0) is 11.4. The molecule has 0 radical (unpaired) electrons. The van der Waals surface area contributed by atoms with Gasteiger partial charge in [0.15, 0.2) is 0 Å². The van der Waals surface area contributed by atoms with Gasteiger partial charge in [0.1, 0.15) is 5.82 Å². The lowest BCUT2D eigenvalue weighted by molar-refractivity contribution is 0.0178. The highest BCUT2D eigenvalue weighted by Crippen LogP contribution is 2.21. The van der Waals surface area contributed by atoms with E-state index in [1.165, 1.54) is 6.07 Å². The van der Waals surface area contributed by atoms with Crippen LogP contribution >= 0.6 is 0 Å². The summed E-state index contributed by atoms with van der Waals surface area (Å²) < 4.78 is 18.4. The average Bonchev–Trinajstić information content (AvgIpc) is 2.31. The highest BCUT2D eigenvalue weighted by atomic mass is 19.1. The second kappa shape index (κ2) is 5.39. The van der Waals surface area contributed by atoms with Crippen molar-refractivity contribution in [2.45, 2.75) is 6.04 Å². The molecule has 0 unspecified atom stereocenters. The molecule has 1 aromatic carbocycles. The van der Waals surface area contributed by atoms with Crippen LogP contribution in [0.1, 0.15) is 11.6 Å². The van der Waals surface area contributed by atoms with Crippen LogP contribution in [0.5, 0.6) is 0 Å². The van der Waals surface area contributed by atoms with Crippen LogP contribution in [-0.2, 0) is 4.74 Å². The first-order valence-corrected chi connectivity index (χ1v) is 5.58. The molecule has 1 aliphatic rings. The van der Waals surface area contributed by atoms with Crippen LogP contribution in [0.2, 0.25) is 0 Å². The van der Waals surface area contributed by atoms with Gasteiger partial charge < -0.3 is 10.5 Å². The number of nitrogens with zero attached hydrogens (tertiary/aromatic N) is 1. The Balaban J connectivity index is 2.14. The first-order valence-electron chi connectivity index (χ1n) is 5.58. The Hall–Kier alpha value is -0.970. The zero-order valence-electron chi connectivity index (χ0n) is 9.23. The molecule has 0 aromatic heterocycles. The molecule has 1 aliphatic heterocycles. The summed E-state index contributed by atoms with van der Waals surface area (Å²) in [6.07, 6.45) is 0. The van der Waals surface area contributed by atoms with Gasteiger partial charge in [0.25, 0.3) is 0 Å². The van der Waals surface area contributed by atoms with Crippen molar-refractivity contribution in [3.63, 3.8) is 0 Å². The van der Waals surface area contributed by atoms with Crippen molar-refractivity contribution < 1.29 is 9.13 Å². The van der Waals surface area contributed by atoms with Crippen LogP contribution in [0.25, 0.3) is 0 Å². The summed E-state index contributed by atoms with van der Waals surface area (Å²) >= 11 is 0. The summed E-state index contributed by atoms with van der Waals surface area (Å²) in [5, 5.41) is 0. The molecule has 1 fully saturated rings. The molecule has 88 valence electrons. The molecule has 0 amide bonds. The third-order valence-corrected chi connectivity index (χ3v) is 2.94. The number of morpholine rings is 1. The molecule has 0 spiro atoms. The fourth-order valence-corrected chi connectivity index (χ4v) is 2.10. The molecular formula is C12H17FN2O. The highest BCUT2D eigenvalue weighted by Gasteiger charge is 2.21. The maximum Gasteiger partial charge on any atom is 0.123 e. The van der Waals surface area contributed by atoms with Gasteiger partial charge in [-0.05, 0) is 17.7 Å². The standard InChI is InChI=1S/C12H17FN2O/c13-11-3-1-2-10(8-11)12(9-14)15-4-6-16-7-5-15/h1-3,8,12H,4-7,9,14H2/t12-/m1/s1. The second-order valence-corrected chi connectivity index (χ2v) is 3.95. The van der Waals surface area contributed by atoms with Crippen molar-refractivity contribution >= 4 is 0 Å². The van der Waals surface area contributed by atoms with E-state index in [4.69, 9.17) is 10.5 Å². The lowest BCUT2D eigenvalue weighted by Gasteiger charge is -2.34. The molecule has 4 heteroatoms. The van der Waals surface area contributed by atoms with Crippen LogP contribution in [-0.4, -0.2) is 37.7 Å². The molecular weight excluding hydrogens is 207 g/mol. The third kappa shape index (κ3) is 2.58. The van der Waals surface area contributed by atoms with E-state index in [9.17, 15) is 4.39 Å². The Labute approximate surface area is 95.0 Å². The van der Waals surface area contributed by atoms with E-state index in [1.54, 1.807) is 12.1 Å². The van der Waals surface area contributed by atoms with Gasteiger partial charge in [-0.2, -0.15) is 0 Å². The van der Waals surface area contributed by atoms with E-state index in [0.29, 0.717) is 6.54 Å². The molecule has 0 aliphatic carbocycles. The first kappa shape index (κ1) is 11.5. The molecule has 0 saturated carbocycles. The second-order valence-electron chi connectivity index (χ2n) is 3.95. The number of ether oxygens (including phenoxy) is 1. The molecule has 2 N–H and O–H groups in total. The third-order valence-electron chi connectivity index (χ3n) is 2.94. The smallest absolute Gasteiger partial charge is 0.123 e. The quantitative estimate of drug-likeness (QED) is 0.837. The molecule has 16 heavy (non-hydrogen) atoms. The summed E-state index contributed by atoms with van der Waals surface area (Å²) in [4.78, 5) is 2.25. The molecule has 1 heterocycles. The Bertz CT molecular complexity index is 340. The number of hydrogen-bond acceptors (Lipinski definition) is 3. The van der Waals surface area contributed by atoms with E-state index in [2.05, 4.69) is 4.90 Å². The number of benzene rings is 1. The minimum Gasteiger partial charge on any atom is -0.379 e. The summed E-state index contributed by atoms with van der Waals surface area (Å²) in [6.45, 7) is 3.68. The largest absolute Gasteiger partial charge is 0.379 e. The number of rotatable bonds is 3. The molecule has 3 nitrogen and oxygen atoms in total. The number of halogens is 1. The van der Waals surface area contributed by atoms with Gasteiger partial charge in [-0.15, -0.1) is 0 Å². The molecule has 1 atom stereocenters. The van der Waals surface area contributed by atoms with Gasteiger partial charge in [-0.3, -0.25) is 4.90 Å². The van der Waals surface area contributed by atoms with Gasteiger partial charge in [0.2, 0.25) is 0 Å². The summed E-state index contributed by atoms with van der Waals surface area (Å²) in [5.74, 6) is -0.204. The van der Waals surface area contributed by atoms with E-state index in [-0.39, 0.29) is 11.9 Å². The Kier molecular flexibility index (Phi) is 3.88. The SMILES string of the molecule is NC[C@H](c1cccc(F)c1)N1CCOCC1.